The molecular formula is C27H28P+. The summed E-state index contributed by atoms with van der Waals surface area (Å²) in [6.07, 6.45) is 7.54. The summed E-state index contributed by atoms with van der Waals surface area (Å²) in [7, 11) is -1.79. The smallest absolute Gasteiger partial charge is 0.0961 e. The standard InChI is InChI=1S/C27H28P/c1-5-14-24(15-6-1)16-13-23-28(25-17-7-2-8-18-25,26-19-9-3-10-20-26)27-21-11-4-12-22-27/h2-4,7-12,17-22,24H,1,5-6,14-15,23H2/q+1. The number of hydrogen-bond acceptors (Lipinski definition) is 0. The van der Waals surface area contributed by atoms with Crippen LogP contribution >= 0.6 is 7.26 Å². The Labute approximate surface area is 170 Å². The summed E-state index contributed by atoms with van der Waals surface area (Å²) in [4.78, 5) is 0. The molecule has 1 aliphatic carbocycles. The lowest BCUT2D eigenvalue weighted by atomic mass is 9.90. The average molecular weight is 383 g/mol. The maximum absolute atomic E-state index is 3.69. The fourth-order valence-electron chi connectivity index (χ4n) is 4.32. The summed E-state index contributed by atoms with van der Waals surface area (Å²) in [6.45, 7) is 0. The molecule has 1 aliphatic rings. The van der Waals surface area contributed by atoms with Crippen molar-refractivity contribution in [2.45, 2.75) is 32.1 Å². The van der Waals surface area contributed by atoms with Gasteiger partial charge in [0.05, 0.1) is 0 Å². The van der Waals surface area contributed by atoms with E-state index in [0.29, 0.717) is 5.92 Å². The van der Waals surface area contributed by atoms with E-state index in [2.05, 4.69) is 103 Å². The predicted molar refractivity (Wildman–Crippen MR) is 124 cm³/mol. The van der Waals surface area contributed by atoms with Crippen LogP contribution < -0.4 is 15.9 Å². The molecule has 0 atom stereocenters. The van der Waals surface area contributed by atoms with E-state index in [0.717, 1.165) is 6.16 Å². The van der Waals surface area contributed by atoms with Gasteiger partial charge in [-0.25, -0.2) is 0 Å². The lowest BCUT2D eigenvalue weighted by molar-refractivity contribution is 0.430. The van der Waals surface area contributed by atoms with Crippen molar-refractivity contribution in [1.29, 1.82) is 0 Å². The molecule has 0 aliphatic heterocycles. The van der Waals surface area contributed by atoms with Crippen LogP contribution in [0.2, 0.25) is 0 Å². The molecule has 0 N–H and O–H groups in total. The van der Waals surface area contributed by atoms with Gasteiger partial charge in [-0.15, -0.1) is 0 Å². The van der Waals surface area contributed by atoms with Gasteiger partial charge in [-0.1, -0.05) is 85.7 Å². The molecule has 0 amide bonds. The summed E-state index contributed by atoms with van der Waals surface area (Å²) >= 11 is 0. The molecule has 0 spiro atoms. The van der Waals surface area contributed by atoms with Crippen LogP contribution in [0.4, 0.5) is 0 Å². The minimum atomic E-state index is -1.79. The Morgan fingerprint density at radius 1 is 0.607 bits per heavy atom. The normalized spacial score (nSPS) is 14.9. The van der Waals surface area contributed by atoms with Crippen molar-refractivity contribution in [3.63, 3.8) is 0 Å². The van der Waals surface area contributed by atoms with Crippen LogP contribution in [0, 0.1) is 17.8 Å². The van der Waals surface area contributed by atoms with E-state index in [4.69, 9.17) is 0 Å². The average Bonchev–Trinajstić information content (AvgIpc) is 2.79. The lowest BCUT2D eigenvalue weighted by Crippen LogP contribution is -2.33. The Hall–Kier alpha value is -2.35. The van der Waals surface area contributed by atoms with Crippen LogP contribution in [-0.4, -0.2) is 6.16 Å². The van der Waals surface area contributed by atoms with E-state index in [1.165, 1.54) is 48.0 Å². The third-order valence-corrected chi connectivity index (χ3v) is 9.99. The summed E-state index contributed by atoms with van der Waals surface area (Å²) in [5.41, 5.74) is 0. The molecule has 140 valence electrons. The largest absolute Gasteiger partial charge is 0.133 e. The second-order valence-electron chi connectivity index (χ2n) is 7.63. The molecule has 1 fully saturated rings. The highest BCUT2D eigenvalue weighted by Crippen LogP contribution is 2.54. The van der Waals surface area contributed by atoms with Gasteiger partial charge in [0.15, 0.2) is 0 Å². The lowest BCUT2D eigenvalue weighted by Gasteiger charge is -2.26. The zero-order valence-electron chi connectivity index (χ0n) is 16.4. The number of hydrogen-bond donors (Lipinski definition) is 0. The van der Waals surface area contributed by atoms with Crippen molar-refractivity contribution < 1.29 is 0 Å². The van der Waals surface area contributed by atoms with Crippen molar-refractivity contribution in [1.82, 2.24) is 0 Å². The second kappa shape index (κ2) is 9.23. The Morgan fingerprint density at radius 3 is 1.46 bits per heavy atom. The van der Waals surface area contributed by atoms with Crippen molar-refractivity contribution in [3.05, 3.63) is 91.0 Å². The second-order valence-corrected chi connectivity index (χ2v) is 11.1. The molecule has 0 radical (unpaired) electrons. The maximum Gasteiger partial charge on any atom is 0.133 e. The topological polar surface area (TPSA) is 0 Å². The van der Waals surface area contributed by atoms with Gasteiger partial charge in [0, 0.05) is 5.92 Å². The molecule has 3 aromatic carbocycles. The predicted octanol–water partition coefficient (Wildman–Crippen LogP) is 5.56. The first-order chi connectivity index (χ1) is 13.9. The van der Waals surface area contributed by atoms with Crippen LogP contribution in [-0.2, 0) is 0 Å². The molecule has 1 heteroatoms. The maximum atomic E-state index is 3.69. The zero-order valence-corrected chi connectivity index (χ0v) is 17.3. The number of rotatable bonds is 4. The fraction of sp³-hybridized carbons (Fsp3) is 0.259. The molecule has 0 heterocycles. The van der Waals surface area contributed by atoms with Crippen molar-refractivity contribution in [2.24, 2.45) is 5.92 Å². The first-order valence-electron chi connectivity index (χ1n) is 10.4. The number of benzene rings is 3. The summed E-state index contributed by atoms with van der Waals surface area (Å²) in [5, 5.41) is 4.26. The Morgan fingerprint density at radius 2 is 1.04 bits per heavy atom. The molecule has 0 unspecified atom stereocenters. The van der Waals surface area contributed by atoms with Crippen molar-refractivity contribution in [3.8, 4) is 11.8 Å². The Balaban J connectivity index is 1.82. The van der Waals surface area contributed by atoms with Gasteiger partial charge in [0.1, 0.15) is 29.3 Å². The third kappa shape index (κ3) is 4.06. The summed E-state index contributed by atoms with van der Waals surface area (Å²) in [6, 6.07) is 33.2. The quantitative estimate of drug-likeness (QED) is 0.408. The van der Waals surface area contributed by atoms with Gasteiger partial charge in [0.25, 0.3) is 0 Å². The molecule has 0 aromatic heterocycles. The SMILES string of the molecule is C(#CC1CCCCC1)C[P+](c1ccccc1)(c1ccccc1)c1ccccc1. The van der Waals surface area contributed by atoms with E-state index in [-0.39, 0.29) is 0 Å². The molecule has 3 aromatic rings. The van der Waals surface area contributed by atoms with Crippen LogP contribution in [0.5, 0.6) is 0 Å². The minimum absolute atomic E-state index is 0.595. The summed E-state index contributed by atoms with van der Waals surface area (Å²) < 4.78 is 0. The molecule has 0 nitrogen and oxygen atoms in total. The monoisotopic (exact) mass is 383 g/mol. The van der Waals surface area contributed by atoms with Gasteiger partial charge in [-0.05, 0) is 49.2 Å². The van der Waals surface area contributed by atoms with Crippen LogP contribution in [0.1, 0.15) is 32.1 Å². The van der Waals surface area contributed by atoms with Crippen LogP contribution in [0.3, 0.4) is 0 Å². The van der Waals surface area contributed by atoms with Gasteiger partial charge < -0.3 is 0 Å². The van der Waals surface area contributed by atoms with Crippen molar-refractivity contribution >= 4 is 23.2 Å². The first kappa shape index (κ1) is 19.0. The van der Waals surface area contributed by atoms with E-state index in [1.807, 2.05) is 0 Å². The highest BCUT2D eigenvalue weighted by atomic mass is 31.2. The fourth-order valence-corrected chi connectivity index (χ4v) is 8.14. The van der Waals surface area contributed by atoms with Gasteiger partial charge in [-0.2, -0.15) is 0 Å². The Kier molecular flexibility index (Phi) is 6.26. The third-order valence-electron chi connectivity index (χ3n) is 5.82. The highest BCUT2D eigenvalue weighted by Gasteiger charge is 2.44. The minimum Gasteiger partial charge on any atom is -0.0961 e. The zero-order chi connectivity index (χ0) is 19.1. The molecule has 28 heavy (non-hydrogen) atoms. The molecular weight excluding hydrogens is 355 g/mol. The molecule has 1 saturated carbocycles. The van der Waals surface area contributed by atoms with Gasteiger partial charge in [-0.3, -0.25) is 0 Å². The van der Waals surface area contributed by atoms with Gasteiger partial charge >= 0.3 is 0 Å². The first-order valence-corrected chi connectivity index (χ1v) is 12.4. The molecule has 0 bridgehead atoms. The molecule has 4 rings (SSSR count). The summed E-state index contributed by atoms with van der Waals surface area (Å²) in [5.74, 6) is 7.95. The van der Waals surface area contributed by atoms with E-state index < -0.39 is 7.26 Å². The molecule has 0 saturated heterocycles. The van der Waals surface area contributed by atoms with E-state index >= 15 is 0 Å². The van der Waals surface area contributed by atoms with E-state index in [9.17, 15) is 0 Å². The van der Waals surface area contributed by atoms with Crippen molar-refractivity contribution in [2.75, 3.05) is 6.16 Å². The van der Waals surface area contributed by atoms with Gasteiger partial charge in [0.2, 0.25) is 0 Å². The van der Waals surface area contributed by atoms with E-state index in [1.54, 1.807) is 0 Å². The van der Waals surface area contributed by atoms with Crippen LogP contribution in [0.25, 0.3) is 0 Å². The van der Waals surface area contributed by atoms with Crippen LogP contribution in [0.15, 0.2) is 91.0 Å². The Bertz CT molecular complexity index is 817. The highest BCUT2D eigenvalue weighted by molar-refractivity contribution is 7.95.